The Kier molecular flexibility index (Phi) is 4.92. The van der Waals surface area contributed by atoms with E-state index >= 15 is 0 Å². The zero-order chi connectivity index (χ0) is 20.8. The quantitative estimate of drug-likeness (QED) is 0.689. The number of nitrogens with zero attached hydrogens (tertiary/aromatic N) is 1. The first-order chi connectivity index (χ1) is 13.8. The molecule has 0 saturated heterocycles. The summed E-state index contributed by atoms with van der Waals surface area (Å²) < 4.78 is 40.4. The Balaban J connectivity index is 1.83. The lowest BCUT2D eigenvalue weighted by Gasteiger charge is -2.48. The van der Waals surface area contributed by atoms with Crippen molar-refractivity contribution in [3.05, 3.63) is 47.1 Å². The van der Waals surface area contributed by atoms with Crippen molar-refractivity contribution in [2.24, 2.45) is 0 Å². The molecule has 1 N–H and O–H groups in total. The van der Waals surface area contributed by atoms with Gasteiger partial charge in [0.15, 0.2) is 17.3 Å². The number of ether oxygens (including phenoxy) is 2. The molecule has 1 spiro atoms. The van der Waals surface area contributed by atoms with Crippen LogP contribution in [0.1, 0.15) is 17.5 Å². The molecule has 0 aromatic heterocycles. The van der Waals surface area contributed by atoms with Crippen LogP contribution in [0.5, 0.6) is 11.5 Å². The molecule has 8 nitrogen and oxygen atoms in total. The van der Waals surface area contributed by atoms with Crippen LogP contribution in [-0.2, 0) is 31.6 Å². The van der Waals surface area contributed by atoms with E-state index in [0.29, 0.717) is 6.42 Å². The highest BCUT2D eigenvalue weighted by Crippen LogP contribution is 2.52. The molecule has 156 valence electrons. The lowest BCUT2D eigenvalue weighted by Crippen LogP contribution is -2.51. The fraction of sp³-hybridized carbons (Fsp3) is 0.450. The molecule has 0 saturated carbocycles. The maximum absolute atomic E-state index is 12.1. The summed E-state index contributed by atoms with van der Waals surface area (Å²) in [6, 6.07) is 3.48. The summed E-state index contributed by atoms with van der Waals surface area (Å²) in [5, 5.41) is 8.85. The van der Waals surface area contributed by atoms with Gasteiger partial charge in [-0.05, 0) is 35.3 Å². The minimum absolute atomic E-state index is 0.00139. The average molecular weight is 421 g/mol. The Morgan fingerprint density at radius 2 is 2.10 bits per heavy atom. The number of aliphatic carboxylic acids is 1. The van der Waals surface area contributed by atoms with Crippen molar-refractivity contribution in [3.8, 4) is 11.5 Å². The molecule has 9 heteroatoms. The molecule has 3 aliphatic rings. The Morgan fingerprint density at radius 3 is 2.79 bits per heavy atom. The van der Waals surface area contributed by atoms with E-state index < -0.39 is 27.4 Å². The number of hydrogen-bond acceptors (Lipinski definition) is 7. The van der Waals surface area contributed by atoms with Gasteiger partial charge in [-0.2, -0.15) is 8.42 Å². The van der Waals surface area contributed by atoms with Crippen LogP contribution in [0.25, 0.3) is 0 Å². The van der Waals surface area contributed by atoms with Crippen LogP contribution in [0.2, 0.25) is 0 Å². The van der Waals surface area contributed by atoms with Gasteiger partial charge in [-0.1, -0.05) is 18.2 Å². The van der Waals surface area contributed by atoms with Crippen molar-refractivity contribution < 1.29 is 32.0 Å². The van der Waals surface area contributed by atoms with Crippen molar-refractivity contribution >= 4 is 16.1 Å². The van der Waals surface area contributed by atoms with E-state index in [9.17, 15) is 13.2 Å². The Hall–Kier alpha value is -2.36. The Morgan fingerprint density at radius 1 is 1.31 bits per heavy atom. The fourth-order valence-corrected chi connectivity index (χ4v) is 5.38. The van der Waals surface area contributed by atoms with Gasteiger partial charge in [0.05, 0.1) is 18.8 Å². The SMILES string of the molecule is COc1cc2c(cc1OS(=O)(=O)CC(=O)O)C13CC(OC)C=CC1=CCN3CC2. The Labute approximate surface area is 169 Å². The zero-order valence-corrected chi connectivity index (χ0v) is 17.1. The first-order valence-corrected chi connectivity index (χ1v) is 10.9. The highest BCUT2D eigenvalue weighted by atomic mass is 32.2. The zero-order valence-electron chi connectivity index (χ0n) is 16.3. The summed E-state index contributed by atoms with van der Waals surface area (Å²) >= 11 is 0. The lowest BCUT2D eigenvalue weighted by atomic mass is 9.71. The third-order valence-electron chi connectivity index (χ3n) is 5.84. The summed E-state index contributed by atoms with van der Waals surface area (Å²) in [6.07, 6.45) is 7.71. The van der Waals surface area contributed by atoms with E-state index in [4.69, 9.17) is 18.8 Å². The van der Waals surface area contributed by atoms with Gasteiger partial charge in [0.2, 0.25) is 0 Å². The molecule has 29 heavy (non-hydrogen) atoms. The Bertz CT molecular complexity index is 1010. The second-order valence-electron chi connectivity index (χ2n) is 7.39. The molecular weight excluding hydrogens is 398 g/mol. The van der Waals surface area contributed by atoms with Crippen LogP contribution in [0.4, 0.5) is 0 Å². The molecule has 4 rings (SSSR count). The molecule has 2 atom stereocenters. The van der Waals surface area contributed by atoms with E-state index in [1.54, 1.807) is 19.2 Å². The van der Waals surface area contributed by atoms with Crippen LogP contribution >= 0.6 is 0 Å². The number of carboxylic acid groups (broad SMARTS) is 1. The molecule has 1 aromatic carbocycles. The molecule has 1 aromatic rings. The highest BCUT2D eigenvalue weighted by molar-refractivity contribution is 7.87. The van der Waals surface area contributed by atoms with Crippen molar-refractivity contribution in [2.75, 3.05) is 33.1 Å². The van der Waals surface area contributed by atoms with E-state index in [0.717, 1.165) is 36.2 Å². The van der Waals surface area contributed by atoms with Crippen LogP contribution < -0.4 is 8.92 Å². The van der Waals surface area contributed by atoms with E-state index in [1.807, 2.05) is 6.08 Å². The third kappa shape index (κ3) is 3.33. The van der Waals surface area contributed by atoms with Gasteiger partial charge in [0, 0.05) is 26.6 Å². The van der Waals surface area contributed by atoms with Crippen LogP contribution in [0, 0.1) is 0 Å². The number of fused-ring (bicyclic) bond motifs is 1. The predicted molar refractivity (Wildman–Crippen MR) is 105 cm³/mol. The normalized spacial score (nSPS) is 25.6. The van der Waals surface area contributed by atoms with E-state index in [1.165, 1.54) is 7.11 Å². The number of carbonyl (C=O) groups is 1. The van der Waals surface area contributed by atoms with Gasteiger partial charge in [-0.15, -0.1) is 0 Å². The second-order valence-corrected chi connectivity index (χ2v) is 8.96. The average Bonchev–Trinajstić information content (AvgIpc) is 3.05. The molecule has 0 fully saturated rings. The molecule has 1 aliphatic carbocycles. The van der Waals surface area contributed by atoms with Crippen molar-refractivity contribution in [3.63, 3.8) is 0 Å². The summed E-state index contributed by atoms with van der Waals surface area (Å²) in [4.78, 5) is 13.2. The number of benzene rings is 1. The second kappa shape index (κ2) is 7.16. The largest absolute Gasteiger partial charge is 0.493 e. The van der Waals surface area contributed by atoms with Gasteiger partial charge in [0.25, 0.3) is 0 Å². The van der Waals surface area contributed by atoms with Gasteiger partial charge in [-0.25, -0.2) is 0 Å². The standard InChI is InChI=1S/C20H23NO7S/c1-26-15-4-3-14-6-8-21-7-5-13-9-17(27-2)18(10-16(13)20(14,21)11-15)28-29(24,25)12-19(22)23/h3-4,6,9-10,15H,5,7-8,11-12H2,1-2H3,(H,22,23). The van der Waals surface area contributed by atoms with Gasteiger partial charge >= 0.3 is 16.1 Å². The highest BCUT2D eigenvalue weighted by Gasteiger charge is 2.50. The molecule has 0 amide bonds. The maximum atomic E-state index is 12.1. The first kappa shape index (κ1) is 19.9. The molecule has 0 radical (unpaired) electrons. The summed E-state index contributed by atoms with van der Waals surface area (Å²) in [7, 11) is -1.21. The maximum Gasteiger partial charge on any atom is 0.322 e. The van der Waals surface area contributed by atoms with Crippen molar-refractivity contribution in [1.29, 1.82) is 0 Å². The molecule has 0 bridgehead atoms. The van der Waals surface area contributed by atoms with Crippen molar-refractivity contribution in [1.82, 2.24) is 4.90 Å². The van der Waals surface area contributed by atoms with Crippen LogP contribution in [0.3, 0.4) is 0 Å². The lowest BCUT2D eigenvalue weighted by molar-refractivity contribution is -0.134. The summed E-state index contributed by atoms with van der Waals surface area (Å²) in [5.41, 5.74) is 2.72. The molecular formula is C20H23NO7S. The van der Waals surface area contributed by atoms with Crippen LogP contribution in [0.15, 0.2) is 35.9 Å². The fourth-order valence-electron chi connectivity index (χ4n) is 4.61. The number of methoxy groups -OCH3 is 2. The smallest absolute Gasteiger partial charge is 0.322 e. The molecule has 2 heterocycles. The monoisotopic (exact) mass is 421 g/mol. The minimum Gasteiger partial charge on any atom is -0.493 e. The predicted octanol–water partition coefficient (Wildman–Crippen LogP) is 1.46. The summed E-state index contributed by atoms with van der Waals surface area (Å²) in [5.74, 6) is -2.34. The van der Waals surface area contributed by atoms with Crippen molar-refractivity contribution in [2.45, 2.75) is 24.5 Å². The number of rotatable bonds is 6. The van der Waals surface area contributed by atoms with E-state index in [2.05, 4.69) is 17.1 Å². The number of hydrogen-bond donors (Lipinski definition) is 1. The van der Waals surface area contributed by atoms with Gasteiger partial charge < -0.3 is 18.8 Å². The number of carboxylic acids is 1. The first-order valence-electron chi connectivity index (χ1n) is 9.31. The summed E-state index contributed by atoms with van der Waals surface area (Å²) in [6.45, 7) is 1.66. The topological polar surface area (TPSA) is 102 Å². The van der Waals surface area contributed by atoms with Gasteiger partial charge in [0.1, 0.15) is 0 Å². The van der Waals surface area contributed by atoms with Gasteiger partial charge in [-0.3, -0.25) is 9.69 Å². The minimum atomic E-state index is -4.31. The third-order valence-corrected chi connectivity index (χ3v) is 6.88. The van der Waals surface area contributed by atoms with E-state index in [-0.39, 0.29) is 17.6 Å². The molecule has 2 aliphatic heterocycles. The van der Waals surface area contributed by atoms with Crippen LogP contribution in [-0.4, -0.2) is 63.6 Å². The molecule has 2 unspecified atom stereocenters.